The minimum atomic E-state index is -0.0846. The zero-order valence-electron chi connectivity index (χ0n) is 9.34. The Hall–Kier alpha value is -0.200. The Morgan fingerprint density at radius 1 is 0.867 bits per heavy atom. The van der Waals surface area contributed by atoms with Crippen molar-refractivity contribution in [3.8, 4) is 0 Å². The van der Waals surface area contributed by atoms with Crippen molar-refractivity contribution < 1.29 is 23.7 Å². The van der Waals surface area contributed by atoms with Gasteiger partial charge in [-0.1, -0.05) is 0 Å². The Morgan fingerprint density at radius 2 is 1.53 bits per heavy atom. The molecule has 0 aromatic rings. The van der Waals surface area contributed by atoms with Gasteiger partial charge in [0.05, 0.1) is 12.2 Å². The van der Waals surface area contributed by atoms with Gasteiger partial charge in [0.1, 0.15) is 25.1 Å². The summed E-state index contributed by atoms with van der Waals surface area (Å²) in [6.45, 7) is 0.311. The molecule has 5 nitrogen and oxygen atoms in total. The molecule has 0 bridgehead atoms. The molecule has 5 unspecified atom stereocenters. The van der Waals surface area contributed by atoms with E-state index in [1.165, 1.54) is 0 Å². The molecule has 5 heteroatoms. The van der Waals surface area contributed by atoms with Crippen molar-refractivity contribution in [2.45, 2.75) is 36.9 Å². The molecule has 15 heavy (non-hydrogen) atoms. The fraction of sp³-hybridized carbons (Fsp3) is 1.00. The lowest BCUT2D eigenvalue weighted by Crippen LogP contribution is -2.56. The number of methoxy groups -OCH3 is 3. The van der Waals surface area contributed by atoms with Crippen LogP contribution < -0.4 is 0 Å². The second-order valence-electron chi connectivity index (χ2n) is 3.86. The summed E-state index contributed by atoms with van der Waals surface area (Å²) >= 11 is 0. The molecule has 88 valence electrons. The van der Waals surface area contributed by atoms with Gasteiger partial charge in [-0.05, 0) is 0 Å². The Labute approximate surface area is 89.6 Å². The molecule has 1 saturated carbocycles. The number of hydrogen-bond acceptors (Lipinski definition) is 5. The lowest BCUT2D eigenvalue weighted by Gasteiger charge is -2.40. The van der Waals surface area contributed by atoms with Crippen LogP contribution in [0, 0.1) is 0 Å². The first kappa shape index (κ1) is 11.3. The molecule has 0 N–H and O–H groups in total. The Morgan fingerprint density at radius 3 is 2.13 bits per heavy atom. The van der Waals surface area contributed by atoms with E-state index in [1.807, 2.05) is 0 Å². The summed E-state index contributed by atoms with van der Waals surface area (Å²) < 4.78 is 27.2. The second-order valence-corrected chi connectivity index (χ2v) is 3.86. The topological polar surface area (TPSA) is 46.2 Å². The molecule has 1 saturated heterocycles. The van der Waals surface area contributed by atoms with Crippen molar-refractivity contribution >= 4 is 0 Å². The highest BCUT2D eigenvalue weighted by molar-refractivity contribution is 4.98. The molecule has 1 heterocycles. The standard InChI is InChI=1S/C10H18O5/c1-11-6-4-7(12-2)9-10(8(6)13-3)15-5-14-9/h6-10H,4-5H2,1-3H3. The van der Waals surface area contributed by atoms with E-state index >= 15 is 0 Å². The molecule has 1 aliphatic heterocycles. The summed E-state index contributed by atoms with van der Waals surface area (Å²) in [6.07, 6.45) is 0.603. The van der Waals surface area contributed by atoms with Crippen molar-refractivity contribution in [1.82, 2.24) is 0 Å². The molecule has 0 spiro atoms. The fourth-order valence-corrected chi connectivity index (χ4v) is 2.44. The normalized spacial score (nSPS) is 45.4. The maximum absolute atomic E-state index is 5.52. The van der Waals surface area contributed by atoms with E-state index in [1.54, 1.807) is 21.3 Å². The van der Waals surface area contributed by atoms with Crippen molar-refractivity contribution in [3.63, 3.8) is 0 Å². The van der Waals surface area contributed by atoms with E-state index in [0.717, 1.165) is 6.42 Å². The molecule has 1 aliphatic carbocycles. The van der Waals surface area contributed by atoms with E-state index in [9.17, 15) is 0 Å². The van der Waals surface area contributed by atoms with Crippen LogP contribution in [0.4, 0.5) is 0 Å². The predicted molar refractivity (Wildman–Crippen MR) is 51.6 cm³/mol. The van der Waals surface area contributed by atoms with E-state index < -0.39 is 0 Å². The summed E-state index contributed by atoms with van der Waals surface area (Å²) in [5, 5.41) is 0. The van der Waals surface area contributed by atoms with Gasteiger partial charge >= 0.3 is 0 Å². The fourth-order valence-electron chi connectivity index (χ4n) is 2.44. The van der Waals surface area contributed by atoms with Crippen molar-refractivity contribution in [2.75, 3.05) is 28.1 Å². The predicted octanol–water partition coefficient (Wildman–Crippen LogP) is 0.177. The number of hydrogen-bond donors (Lipinski definition) is 0. The van der Waals surface area contributed by atoms with Gasteiger partial charge in [-0.15, -0.1) is 0 Å². The highest BCUT2D eigenvalue weighted by Crippen LogP contribution is 2.33. The molecule has 0 aromatic carbocycles. The lowest BCUT2D eigenvalue weighted by molar-refractivity contribution is -0.161. The zero-order valence-corrected chi connectivity index (χ0v) is 9.34. The number of rotatable bonds is 3. The van der Waals surface area contributed by atoms with Crippen LogP contribution in [0.15, 0.2) is 0 Å². The Balaban J connectivity index is 2.13. The quantitative estimate of drug-likeness (QED) is 0.676. The first-order valence-corrected chi connectivity index (χ1v) is 5.13. The molecule has 2 aliphatic rings. The highest BCUT2D eigenvalue weighted by atomic mass is 16.7. The second kappa shape index (κ2) is 4.76. The Bertz CT molecular complexity index is 210. The van der Waals surface area contributed by atoms with Gasteiger partial charge in [-0.25, -0.2) is 0 Å². The first-order valence-electron chi connectivity index (χ1n) is 5.13. The van der Waals surface area contributed by atoms with E-state index in [0.29, 0.717) is 6.79 Å². The van der Waals surface area contributed by atoms with Crippen LogP contribution in [0.5, 0.6) is 0 Å². The monoisotopic (exact) mass is 218 g/mol. The third-order valence-electron chi connectivity index (χ3n) is 3.24. The minimum Gasteiger partial charge on any atom is -0.379 e. The Kier molecular flexibility index (Phi) is 3.58. The maximum Gasteiger partial charge on any atom is 0.148 e. The van der Waals surface area contributed by atoms with Gasteiger partial charge in [0.15, 0.2) is 0 Å². The van der Waals surface area contributed by atoms with Crippen molar-refractivity contribution in [2.24, 2.45) is 0 Å². The summed E-state index contributed by atoms with van der Waals surface area (Å²) in [7, 11) is 5.03. The minimum absolute atomic E-state index is 0.00269. The van der Waals surface area contributed by atoms with Crippen LogP contribution in [0.1, 0.15) is 6.42 Å². The zero-order chi connectivity index (χ0) is 10.8. The molecule has 0 radical (unpaired) electrons. The average molecular weight is 218 g/mol. The van der Waals surface area contributed by atoms with Crippen molar-refractivity contribution in [1.29, 1.82) is 0 Å². The highest BCUT2D eigenvalue weighted by Gasteiger charge is 2.50. The van der Waals surface area contributed by atoms with Gasteiger partial charge in [0.2, 0.25) is 0 Å². The molecular formula is C10H18O5. The number of ether oxygens (including phenoxy) is 5. The molecule has 0 aromatic heterocycles. The van der Waals surface area contributed by atoms with Crippen molar-refractivity contribution in [3.05, 3.63) is 0 Å². The summed E-state index contributed by atoms with van der Waals surface area (Å²) in [6, 6.07) is 0. The van der Waals surface area contributed by atoms with E-state index in [4.69, 9.17) is 23.7 Å². The largest absolute Gasteiger partial charge is 0.379 e. The third kappa shape index (κ3) is 1.90. The number of fused-ring (bicyclic) bond motifs is 1. The van der Waals surface area contributed by atoms with Gasteiger partial charge in [0, 0.05) is 27.8 Å². The summed E-state index contributed by atoms with van der Waals surface area (Å²) in [4.78, 5) is 0. The average Bonchev–Trinajstić information content (AvgIpc) is 2.75. The van der Waals surface area contributed by atoms with Crippen LogP contribution in [0.25, 0.3) is 0 Å². The third-order valence-corrected chi connectivity index (χ3v) is 3.24. The first-order chi connectivity index (χ1) is 7.31. The van der Waals surface area contributed by atoms with Crippen LogP contribution in [-0.4, -0.2) is 58.6 Å². The van der Waals surface area contributed by atoms with Gasteiger partial charge in [-0.2, -0.15) is 0 Å². The van der Waals surface area contributed by atoms with Crippen LogP contribution >= 0.6 is 0 Å². The lowest BCUT2D eigenvalue weighted by atomic mass is 9.87. The van der Waals surface area contributed by atoms with Gasteiger partial charge < -0.3 is 23.7 Å². The van der Waals surface area contributed by atoms with Gasteiger partial charge in [-0.3, -0.25) is 0 Å². The SMILES string of the molecule is COC1CC(OC)C2OCOC2C1OC. The van der Waals surface area contributed by atoms with E-state index in [-0.39, 0.29) is 30.5 Å². The smallest absolute Gasteiger partial charge is 0.148 e. The van der Waals surface area contributed by atoms with Crippen LogP contribution in [0.3, 0.4) is 0 Å². The molecule has 2 fully saturated rings. The van der Waals surface area contributed by atoms with E-state index in [2.05, 4.69) is 0 Å². The van der Waals surface area contributed by atoms with Crippen LogP contribution in [0.2, 0.25) is 0 Å². The molecule has 5 atom stereocenters. The molecule has 0 amide bonds. The molecule has 2 rings (SSSR count). The maximum atomic E-state index is 5.52. The summed E-state index contributed by atoms with van der Waals surface area (Å²) in [5.41, 5.74) is 0. The summed E-state index contributed by atoms with van der Waals surface area (Å²) in [5.74, 6) is 0. The molecular weight excluding hydrogens is 200 g/mol. The van der Waals surface area contributed by atoms with Gasteiger partial charge in [0.25, 0.3) is 0 Å². The van der Waals surface area contributed by atoms with Crippen LogP contribution in [-0.2, 0) is 23.7 Å².